The highest BCUT2D eigenvalue weighted by molar-refractivity contribution is 5.88. The predicted octanol–water partition coefficient (Wildman–Crippen LogP) is 2.84. The molecule has 0 fully saturated rings. The highest BCUT2D eigenvalue weighted by atomic mass is 16.5. The zero-order valence-electron chi connectivity index (χ0n) is 13.8. The van der Waals surface area contributed by atoms with E-state index >= 15 is 0 Å². The van der Waals surface area contributed by atoms with Gasteiger partial charge in [-0.05, 0) is 30.3 Å². The van der Waals surface area contributed by atoms with Gasteiger partial charge in [0.25, 0.3) is 0 Å². The Balaban J connectivity index is 1.45. The first kappa shape index (κ1) is 15.3. The fourth-order valence-electron chi connectivity index (χ4n) is 2.99. The van der Waals surface area contributed by atoms with Gasteiger partial charge in [-0.2, -0.15) is 0 Å². The van der Waals surface area contributed by atoms with Crippen LogP contribution in [0, 0.1) is 0 Å². The second-order valence-electron chi connectivity index (χ2n) is 5.81. The average molecular weight is 334 g/mol. The zero-order chi connectivity index (χ0) is 17.2. The number of imidazole rings is 1. The Morgan fingerprint density at radius 2 is 2.08 bits per heavy atom. The lowest BCUT2D eigenvalue weighted by Gasteiger charge is -2.07. The van der Waals surface area contributed by atoms with Gasteiger partial charge < -0.3 is 19.6 Å². The SMILES string of the molecule is COc1cccc2c1ccn2CC(=O)NCc1nc2ccccc2[nH]1. The Morgan fingerprint density at radius 1 is 1.20 bits per heavy atom. The maximum atomic E-state index is 12.3. The van der Waals surface area contributed by atoms with E-state index in [2.05, 4.69) is 15.3 Å². The van der Waals surface area contributed by atoms with Crippen LogP contribution in [0.15, 0.2) is 54.7 Å². The fraction of sp³-hybridized carbons (Fsp3) is 0.158. The number of carbonyl (C=O) groups is 1. The molecule has 0 atom stereocenters. The van der Waals surface area contributed by atoms with E-state index in [0.29, 0.717) is 6.54 Å². The Kier molecular flexibility index (Phi) is 3.85. The predicted molar refractivity (Wildman–Crippen MR) is 96.4 cm³/mol. The number of hydrogen-bond acceptors (Lipinski definition) is 3. The van der Waals surface area contributed by atoms with Crippen molar-refractivity contribution in [2.75, 3.05) is 7.11 Å². The highest BCUT2D eigenvalue weighted by Gasteiger charge is 2.10. The summed E-state index contributed by atoms with van der Waals surface area (Å²) in [6.45, 7) is 0.618. The van der Waals surface area contributed by atoms with E-state index in [-0.39, 0.29) is 12.5 Å². The lowest BCUT2D eigenvalue weighted by Crippen LogP contribution is -2.27. The molecule has 25 heavy (non-hydrogen) atoms. The third kappa shape index (κ3) is 2.94. The van der Waals surface area contributed by atoms with Crippen molar-refractivity contribution < 1.29 is 9.53 Å². The van der Waals surface area contributed by atoms with Gasteiger partial charge in [0, 0.05) is 11.6 Å². The molecule has 2 aromatic heterocycles. The third-order valence-electron chi connectivity index (χ3n) is 4.20. The van der Waals surface area contributed by atoms with Crippen LogP contribution in [0.4, 0.5) is 0 Å². The van der Waals surface area contributed by atoms with E-state index in [9.17, 15) is 4.79 Å². The van der Waals surface area contributed by atoms with Gasteiger partial charge in [-0.1, -0.05) is 18.2 Å². The minimum absolute atomic E-state index is 0.0687. The van der Waals surface area contributed by atoms with Gasteiger partial charge in [0.05, 0.1) is 30.2 Å². The molecule has 0 bridgehead atoms. The van der Waals surface area contributed by atoms with Crippen LogP contribution in [0.1, 0.15) is 5.82 Å². The molecule has 4 rings (SSSR count). The van der Waals surface area contributed by atoms with Gasteiger partial charge >= 0.3 is 0 Å². The van der Waals surface area contributed by atoms with E-state index in [4.69, 9.17) is 4.74 Å². The summed E-state index contributed by atoms with van der Waals surface area (Å²) in [5.74, 6) is 1.48. The normalized spacial score (nSPS) is 11.1. The van der Waals surface area contributed by atoms with Crippen LogP contribution in [-0.2, 0) is 17.9 Å². The minimum Gasteiger partial charge on any atom is -0.496 e. The standard InChI is InChI=1S/C19H18N4O2/c1-25-17-8-4-7-16-13(17)9-10-23(16)12-19(24)20-11-18-21-14-5-2-3-6-15(14)22-18/h2-10H,11-12H2,1H3,(H,20,24)(H,21,22). The molecule has 2 N–H and O–H groups in total. The maximum Gasteiger partial charge on any atom is 0.240 e. The average Bonchev–Trinajstić information content (AvgIpc) is 3.23. The third-order valence-corrected chi connectivity index (χ3v) is 4.20. The summed E-state index contributed by atoms with van der Waals surface area (Å²) in [6.07, 6.45) is 1.90. The van der Waals surface area contributed by atoms with E-state index in [1.165, 1.54) is 0 Å². The minimum atomic E-state index is -0.0687. The second kappa shape index (κ2) is 6.32. The molecule has 6 heteroatoms. The molecule has 2 aromatic carbocycles. The summed E-state index contributed by atoms with van der Waals surface area (Å²) in [7, 11) is 1.64. The molecule has 0 unspecified atom stereocenters. The number of aromatic amines is 1. The molecule has 0 saturated carbocycles. The number of fused-ring (bicyclic) bond motifs is 2. The number of amides is 1. The number of ether oxygens (including phenoxy) is 1. The topological polar surface area (TPSA) is 71.9 Å². The van der Waals surface area contributed by atoms with Gasteiger partial charge in [0.15, 0.2) is 0 Å². The first-order chi connectivity index (χ1) is 12.2. The van der Waals surface area contributed by atoms with Crippen molar-refractivity contribution in [1.29, 1.82) is 0 Å². The summed E-state index contributed by atoms with van der Waals surface area (Å²) in [4.78, 5) is 20.0. The zero-order valence-corrected chi connectivity index (χ0v) is 13.8. The summed E-state index contributed by atoms with van der Waals surface area (Å²) >= 11 is 0. The molecule has 0 aliphatic carbocycles. The van der Waals surface area contributed by atoms with Gasteiger partial charge in [0.2, 0.25) is 5.91 Å². The highest BCUT2D eigenvalue weighted by Crippen LogP contribution is 2.26. The lowest BCUT2D eigenvalue weighted by atomic mass is 10.2. The van der Waals surface area contributed by atoms with Crippen LogP contribution in [0.25, 0.3) is 21.9 Å². The molecule has 4 aromatic rings. The van der Waals surface area contributed by atoms with Crippen molar-refractivity contribution >= 4 is 27.8 Å². The van der Waals surface area contributed by atoms with Crippen molar-refractivity contribution in [3.63, 3.8) is 0 Å². The molecule has 0 aliphatic heterocycles. The Labute approximate surface area is 144 Å². The van der Waals surface area contributed by atoms with Gasteiger partial charge in [-0.15, -0.1) is 0 Å². The van der Waals surface area contributed by atoms with Crippen LogP contribution in [-0.4, -0.2) is 27.6 Å². The summed E-state index contributed by atoms with van der Waals surface area (Å²) in [5, 5.41) is 3.90. The first-order valence-corrected chi connectivity index (χ1v) is 8.07. The van der Waals surface area contributed by atoms with Crippen molar-refractivity contribution in [3.8, 4) is 5.75 Å². The number of para-hydroxylation sites is 2. The quantitative estimate of drug-likeness (QED) is 0.589. The number of H-pyrrole nitrogens is 1. The molecule has 2 heterocycles. The van der Waals surface area contributed by atoms with Crippen LogP contribution in [0.5, 0.6) is 5.75 Å². The Hall–Kier alpha value is -3.28. The summed E-state index contributed by atoms with van der Waals surface area (Å²) in [6, 6.07) is 15.6. The monoisotopic (exact) mass is 334 g/mol. The van der Waals surface area contributed by atoms with Crippen LogP contribution >= 0.6 is 0 Å². The number of nitrogens with one attached hydrogen (secondary N) is 2. The molecule has 1 amide bonds. The summed E-state index contributed by atoms with van der Waals surface area (Å²) in [5.41, 5.74) is 2.84. The van der Waals surface area contributed by atoms with Gasteiger partial charge in [-0.25, -0.2) is 4.98 Å². The van der Waals surface area contributed by atoms with Crippen LogP contribution < -0.4 is 10.1 Å². The van der Waals surface area contributed by atoms with Crippen LogP contribution in [0.2, 0.25) is 0 Å². The van der Waals surface area contributed by atoms with Crippen molar-refractivity contribution in [2.45, 2.75) is 13.1 Å². The molecule has 0 aliphatic rings. The number of benzene rings is 2. The van der Waals surface area contributed by atoms with E-state index < -0.39 is 0 Å². The number of carbonyl (C=O) groups excluding carboxylic acids is 1. The molecule has 0 spiro atoms. The second-order valence-corrected chi connectivity index (χ2v) is 5.81. The molecule has 6 nitrogen and oxygen atoms in total. The maximum absolute atomic E-state index is 12.3. The molecule has 0 saturated heterocycles. The number of nitrogens with zero attached hydrogens (tertiary/aromatic N) is 2. The first-order valence-electron chi connectivity index (χ1n) is 8.07. The lowest BCUT2D eigenvalue weighted by molar-refractivity contribution is -0.121. The largest absolute Gasteiger partial charge is 0.496 e. The van der Waals surface area contributed by atoms with Crippen molar-refractivity contribution in [3.05, 3.63) is 60.6 Å². The van der Waals surface area contributed by atoms with Crippen LogP contribution in [0.3, 0.4) is 0 Å². The van der Waals surface area contributed by atoms with E-state index in [1.54, 1.807) is 7.11 Å². The molecular formula is C19H18N4O2. The molecule has 126 valence electrons. The van der Waals surface area contributed by atoms with Gasteiger partial charge in [0.1, 0.15) is 18.1 Å². The summed E-state index contributed by atoms with van der Waals surface area (Å²) < 4.78 is 7.26. The van der Waals surface area contributed by atoms with E-state index in [0.717, 1.165) is 33.5 Å². The number of methoxy groups -OCH3 is 1. The van der Waals surface area contributed by atoms with Gasteiger partial charge in [-0.3, -0.25) is 4.79 Å². The van der Waals surface area contributed by atoms with Crippen molar-refractivity contribution in [1.82, 2.24) is 19.9 Å². The smallest absolute Gasteiger partial charge is 0.240 e. The Bertz CT molecular complexity index is 1010. The number of aromatic nitrogens is 3. The number of rotatable bonds is 5. The van der Waals surface area contributed by atoms with E-state index in [1.807, 2.05) is 59.3 Å². The fourth-order valence-corrected chi connectivity index (χ4v) is 2.99. The number of hydrogen-bond donors (Lipinski definition) is 2. The molecule has 0 radical (unpaired) electrons. The molecular weight excluding hydrogens is 316 g/mol. The van der Waals surface area contributed by atoms with Crippen molar-refractivity contribution in [2.24, 2.45) is 0 Å². The Morgan fingerprint density at radius 3 is 2.92 bits per heavy atom.